The minimum Gasteiger partial charge on any atom is -0.397 e. The van der Waals surface area contributed by atoms with Gasteiger partial charge in [0, 0.05) is 4.90 Å². The molecule has 0 saturated carbocycles. The van der Waals surface area contributed by atoms with Gasteiger partial charge in [0.05, 0.1) is 11.3 Å². The first-order valence-corrected chi connectivity index (χ1v) is 4.34. The molecular formula is C8H8N2S. The van der Waals surface area contributed by atoms with Crippen molar-refractivity contribution in [1.29, 1.82) is 5.26 Å². The van der Waals surface area contributed by atoms with E-state index in [4.69, 9.17) is 11.0 Å². The molecule has 1 aromatic carbocycles. The summed E-state index contributed by atoms with van der Waals surface area (Å²) in [7, 11) is 0. The van der Waals surface area contributed by atoms with Crippen LogP contribution in [0.3, 0.4) is 0 Å². The summed E-state index contributed by atoms with van der Waals surface area (Å²) in [6.45, 7) is 0. The van der Waals surface area contributed by atoms with Crippen molar-refractivity contribution in [2.75, 3.05) is 12.0 Å². The maximum atomic E-state index is 8.60. The van der Waals surface area contributed by atoms with E-state index in [1.165, 1.54) is 0 Å². The quantitative estimate of drug-likeness (QED) is 0.509. The fourth-order valence-electron chi connectivity index (χ4n) is 0.820. The highest BCUT2D eigenvalue weighted by molar-refractivity contribution is 7.98. The molecule has 0 aliphatic heterocycles. The lowest BCUT2D eigenvalue weighted by atomic mass is 10.2. The van der Waals surface area contributed by atoms with Gasteiger partial charge in [0.15, 0.2) is 0 Å². The van der Waals surface area contributed by atoms with Crippen molar-refractivity contribution in [3.63, 3.8) is 0 Å². The molecule has 0 bridgehead atoms. The van der Waals surface area contributed by atoms with Gasteiger partial charge in [-0.2, -0.15) is 5.26 Å². The molecule has 0 fully saturated rings. The second-order valence-electron chi connectivity index (χ2n) is 2.03. The third-order valence-electron chi connectivity index (χ3n) is 1.41. The van der Waals surface area contributed by atoms with Crippen molar-refractivity contribution in [1.82, 2.24) is 0 Å². The van der Waals surface area contributed by atoms with E-state index in [0.717, 1.165) is 4.90 Å². The van der Waals surface area contributed by atoms with Crippen LogP contribution in [0.5, 0.6) is 0 Å². The van der Waals surface area contributed by atoms with Gasteiger partial charge in [-0.3, -0.25) is 0 Å². The number of nitrogens with zero attached hydrogens (tertiary/aromatic N) is 1. The largest absolute Gasteiger partial charge is 0.397 e. The van der Waals surface area contributed by atoms with Gasteiger partial charge >= 0.3 is 0 Å². The average Bonchev–Trinajstić information content (AvgIpc) is 2.05. The number of para-hydroxylation sites is 1. The molecule has 0 aliphatic rings. The van der Waals surface area contributed by atoms with E-state index in [1.807, 2.05) is 24.5 Å². The van der Waals surface area contributed by atoms with E-state index in [0.29, 0.717) is 11.3 Å². The van der Waals surface area contributed by atoms with Crippen molar-refractivity contribution >= 4 is 17.4 Å². The number of thioether (sulfide) groups is 1. The number of hydrogen-bond donors (Lipinski definition) is 1. The number of anilines is 1. The molecule has 11 heavy (non-hydrogen) atoms. The normalized spacial score (nSPS) is 9.09. The zero-order chi connectivity index (χ0) is 8.27. The van der Waals surface area contributed by atoms with Gasteiger partial charge in [0.2, 0.25) is 0 Å². The number of hydrogen-bond acceptors (Lipinski definition) is 3. The van der Waals surface area contributed by atoms with E-state index in [2.05, 4.69) is 0 Å². The van der Waals surface area contributed by atoms with Gasteiger partial charge in [-0.15, -0.1) is 11.8 Å². The monoisotopic (exact) mass is 164 g/mol. The minimum absolute atomic E-state index is 0.553. The zero-order valence-electron chi connectivity index (χ0n) is 6.16. The Labute approximate surface area is 70.0 Å². The molecule has 0 saturated heterocycles. The third kappa shape index (κ3) is 1.47. The van der Waals surface area contributed by atoms with Gasteiger partial charge < -0.3 is 5.73 Å². The molecule has 0 amide bonds. The van der Waals surface area contributed by atoms with Gasteiger partial charge in [-0.25, -0.2) is 0 Å². The molecule has 0 unspecified atom stereocenters. The van der Waals surface area contributed by atoms with Crippen molar-refractivity contribution < 1.29 is 0 Å². The molecule has 1 rings (SSSR count). The Morgan fingerprint density at radius 1 is 1.55 bits per heavy atom. The molecule has 0 radical (unpaired) electrons. The first kappa shape index (κ1) is 7.96. The van der Waals surface area contributed by atoms with E-state index < -0.39 is 0 Å². The number of nitriles is 1. The highest BCUT2D eigenvalue weighted by atomic mass is 32.2. The first-order chi connectivity index (χ1) is 5.29. The molecule has 2 nitrogen and oxygen atoms in total. The zero-order valence-corrected chi connectivity index (χ0v) is 6.98. The lowest BCUT2D eigenvalue weighted by molar-refractivity contribution is 1.41. The lowest BCUT2D eigenvalue weighted by Gasteiger charge is -2.01. The summed E-state index contributed by atoms with van der Waals surface area (Å²) < 4.78 is 0. The predicted octanol–water partition coefficient (Wildman–Crippen LogP) is 1.86. The SMILES string of the molecule is CSc1cccc(C#N)c1N. The maximum Gasteiger partial charge on any atom is 0.101 e. The summed E-state index contributed by atoms with van der Waals surface area (Å²) in [6.07, 6.45) is 1.94. The van der Waals surface area contributed by atoms with Crippen LogP contribution >= 0.6 is 11.8 Å². The molecule has 1 aromatic rings. The second-order valence-corrected chi connectivity index (χ2v) is 2.88. The van der Waals surface area contributed by atoms with Crippen molar-refractivity contribution in [2.45, 2.75) is 4.90 Å². The van der Waals surface area contributed by atoms with Crippen molar-refractivity contribution in [3.8, 4) is 6.07 Å². The highest BCUT2D eigenvalue weighted by Crippen LogP contribution is 2.24. The Morgan fingerprint density at radius 3 is 2.82 bits per heavy atom. The molecule has 0 aliphatic carbocycles. The third-order valence-corrected chi connectivity index (χ3v) is 2.20. The Balaban J connectivity index is 3.23. The van der Waals surface area contributed by atoms with Gasteiger partial charge in [-0.1, -0.05) is 6.07 Å². The van der Waals surface area contributed by atoms with Crippen LogP contribution in [-0.4, -0.2) is 6.26 Å². The topological polar surface area (TPSA) is 49.8 Å². The number of benzene rings is 1. The summed E-state index contributed by atoms with van der Waals surface area (Å²) in [4.78, 5) is 0.962. The molecular weight excluding hydrogens is 156 g/mol. The van der Waals surface area contributed by atoms with Crippen LogP contribution in [0.15, 0.2) is 23.1 Å². The van der Waals surface area contributed by atoms with E-state index >= 15 is 0 Å². The molecule has 0 atom stereocenters. The Kier molecular flexibility index (Phi) is 2.40. The molecule has 3 heteroatoms. The average molecular weight is 164 g/mol. The Morgan fingerprint density at radius 2 is 2.27 bits per heavy atom. The van der Waals surface area contributed by atoms with Crippen LogP contribution in [0.1, 0.15) is 5.56 Å². The second kappa shape index (κ2) is 3.31. The van der Waals surface area contributed by atoms with Crippen LogP contribution in [0.4, 0.5) is 5.69 Å². The van der Waals surface area contributed by atoms with Crippen LogP contribution in [0.25, 0.3) is 0 Å². The summed E-state index contributed by atoms with van der Waals surface area (Å²) in [5, 5.41) is 8.60. The molecule has 0 heterocycles. The van der Waals surface area contributed by atoms with Crippen LogP contribution in [0.2, 0.25) is 0 Å². The Hall–Kier alpha value is -1.14. The van der Waals surface area contributed by atoms with Gasteiger partial charge in [-0.05, 0) is 18.4 Å². The first-order valence-electron chi connectivity index (χ1n) is 3.12. The van der Waals surface area contributed by atoms with Crippen LogP contribution in [-0.2, 0) is 0 Å². The van der Waals surface area contributed by atoms with Crippen LogP contribution in [0, 0.1) is 11.3 Å². The number of nitrogen functional groups attached to an aromatic ring is 1. The summed E-state index contributed by atoms with van der Waals surface area (Å²) in [5.74, 6) is 0. The lowest BCUT2D eigenvalue weighted by Crippen LogP contribution is -1.91. The number of nitrogens with two attached hydrogens (primary N) is 1. The predicted molar refractivity (Wildman–Crippen MR) is 47.4 cm³/mol. The van der Waals surface area contributed by atoms with Gasteiger partial charge in [0.25, 0.3) is 0 Å². The fourth-order valence-corrected chi connectivity index (χ4v) is 1.36. The standard InChI is InChI=1S/C8H8N2S/c1-11-7-4-2-3-6(5-9)8(7)10/h2-4H,10H2,1H3. The van der Waals surface area contributed by atoms with E-state index in [-0.39, 0.29) is 0 Å². The molecule has 0 spiro atoms. The molecule has 2 N–H and O–H groups in total. The molecule has 56 valence electrons. The minimum atomic E-state index is 0.553. The van der Waals surface area contributed by atoms with Gasteiger partial charge in [0.1, 0.15) is 6.07 Å². The summed E-state index contributed by atoms with van der Waals surface area (Å²) in [6, 6.07) is 7.49. The molecule has 0 aromatic heterocycles. The summed E-state index contributed by atoms with van der Waals surface area (Å²) in [5.41, 5.74) is 6.80. The van der Waals surface area contributed by atoms with Crippen molar-refractivity contribution in [2.24, 2.45) is 0 Å². The highest BCUT2D eigenvalue weighted by Gasteiger charge is 2.01. The van der Waals surface area contributed by atoms with E-state index in [1.54, 1.807) is 17.8 Å². The van der Waals surface area contributed by atoms with Crippen LogP contribution < -0.4 is 5.73 Å². The summed E-state index contributed by atoms with van der Waals surface area (Å²) >= 11 is 1.55. The fraction of sp³-hybridized carbons (Fsp3) is 0.125. The maximum absolute atomic E-state index is 8.60. The number of rotatable bonds is 1. The van der Waals surface area contributed by atoms with E-state index in [9.17, 15) is 0 Å². The Bertz CT molecular complexity index is 301. The van der Waals surface area contributed by atoms with Crippen molar-refractivity contribution in [3.05, 3.63) is 23.8 Å². The smallest absolute Gasteiger partial charge is 0.101 e.